The summed E-state index contributed by atoms with van der Waals surface area (Å²) in [5.41, 5.74) is 0.678. The van der Waals surface area contributed by atoms with Crippen LogP contribution in [0, 0.1) is 5.82 Å². The molecule has 1 saturated heterocycles. The average molecular weight is 259 g/mol. The maximum Gasteiger partial charge on any atom is 0.261 e. The summed E-state index contributed by atoms with van der Waals surface area (Å²) in [5.74, 6) is -0.208. The van der Waals surface area contributed by atoms with Gasteiger partial charge in [-0.25, -0.2) is 13.2 Å². The molecule has 0 aromatic heterocycles. The quantitative estimate of drug-likeness (QED) is 0.728. The Morgan fingerprint density at radius 3 is 2.72 bits per heavy atom. The van der Waals surface area contributed by atoms with Crippen LogP contribution in [0.3, 0.4) is 0 Å². The van der Waals surface area contributed by atoms with E-state index in [1.807, 2.05) is 11.0 Å². The van der Waals surface area contributed by atoms with Gasteiger partial charge >= 0.3 is 0 Å². The monoisotopic (exact) mass is 259 g/mol. The van der Waals surface area contributed by atoms with Crippen molar-refractivity contribution >= 4 is 0 Å². The molecule has 1 aliphatic heterocycles. The number of hydrogen-bond acceptors (Lipinski definition) is 2. The first-order valence-electron chi connectivity index (χ1n) is 6.03. The van der Waals surface area contributed by atoms with Crippen LogP contribution >= 0.6 is 0 Å². The number of halogens is 3. The molecule has 5 heteroatoms. The fourth-order valence-corrected chi connectivity index (χ4v) is 2.16. The molecule has 1 atom stereocenters. The van der Waals surface area contributed by atoms with Crippen molar-refractivity contribution < 1.29 is 17.9 Å². The third-order valence-corrected chi connectivity index (χ3v) is 3.16. The Balaban J connectivity index is 1.80. The molecule has 0 spiro atoms. The molecular weight excluding hydrogens is 243 g/mol. The van der Waals surface area contributed by atoms with Crippen LogP contribution in [-0.4, -0.2) is 37.6 Å². The Morgan fingerprint density at radius 1 is 1.33 bits per heavy atom. The highest BCUT2D eigenvalue weighted by Gasteiger charge is 2.30. The number of benzene rings is 1. The number of hydrogen-bond donors (Lipinski definition) is 0. The molecule has 100 valence electrons. The van der Waals surface area contributed by atoms with Gasteiger partial charge in [-0.05, 0) is 12.5 Å². The Bertz CT molecular complexity index is 386. The average Bonchev–Trinajstić information content (AvgIpc) is 2.30. The van der Waals surface area contributed by atoms with E-state index in [9.17, 15) is 13.2 Å². The minimum absolute atomic E-state index is 0.0568. The third kappa shape index (κ3) is 3.23. The summed E-state index contributed by atoms with van der Waals surface area (Å²) >= 11 is 0. The molecule has 1 aromatic carbocycles. The highest BCUT2D eigenvalue weighted by atomic mass is 19.3. The predicted octanol–water partition coefficient (Wildman–Crippen LogP) is 2.85. The zero-order valence-corrected chi connectivity index (χ0v) is 9.99. The summed E-state index contributed by atoms with van der Waals surface area (Å²) in [4.78, 5) is 2.05. The molecule has 0 radical (unpaired) electrons. The first-order chi connectivity index (χ1) is 8.68. The van der Waals surface area contributed by atoms with Gasteiger partial charge in [0.2, 0.25) is 0 Å². The maximum atomic E-state index is 13.6. The zero-order valence-electron chi connectivity index (χ0n) is 9.99. The van der Waals surface area contributed by atoms with Gasteiger partial charge in [-0.3, -0.25) is 4.90 Å². The van der Waals surface area contributed by atoms with Gasteiger partial charge in [-0.2, -0.15) is 0 Å². The first kappa shape index (κ1) is 13.4. The van der Waals surface area contributed by atoms with Gasteiger partial charge in [-0.1, -0.05) is 18.2 Å². The van der Waals surface area contributed by atoms with Crippen molar-refractivity contribution in [2.45, 2.75) is 18.9 Å². The minimum Gasteiger partial charge on any atom is -0.374 e. The number of likely N-dealkylation sites (tertiary alicyclic amines) is 1. The van der Waals surface area contributed by atoms with Crippen LogP contribution in [0.25, 0.3) is 0 Å². The number of alkyl halides is 2. The Kier molecular flexibility index (Phi) is 4.60. The van der Waals surface area contributed by atoms with Gasteiger partial charge in [0.25, 0.3) is 6.43 Å². The lowest BCUT2D eigenvalue weighted by atomic mass is 9.94. The SMILES string of the molecule is Fc1ccccc1[C@@H]1CCN1CCOCC(F)F. The molecular formula is C13H16F3NO. The molecule has 0 N–H and O–H groups in total. The Hall–Kier alpha value is -1.07. The molecule has 1 fully saturated rings. The molecule has 2 nitrogen and oxygen atoms in total. The smallest absolute Gasteiger partial charge is 0.261 e. The second kappa shape index (κ2) is 6.20. The topological polar surface area (TPSA) is 12.5 Å². The van der Waals surface area contributed by atoms with Crippen molar-refractivity contribution in [1.29, 1.82) is 0 Å². The van der Waals surface area contributed by atoms with E-state index in [1.165, 1.54) is 6.07 Å². The van der Waals surface area contributed by atoms with Crippen LogP contribution in [0.1, 0.15) is 18.0 Å². The summed E-state index contributed by atoms with van der Waals surface area (Å²) in [6.07, 6.45) is -1.53. The number of rotatable bonds is 6. The molecule has 0 aliphatic carbocycles. The lowest BCUT2D eigenvalue weighted by Gasteiger charge is -2.41. The van der Waals surface area contributed by atoms with Crippen LogP contribution in [0.5, 0.6) is 0 Å². The lowest BCUT2D eigenvalue weighted by molar-refractivity contribution is -0.00811. The molecule has 0 unspecified atom stereocenters. The van der Waals surface area contributed by atoms with Gasteiger partial charge in [0.15, 0.2) is 0 Å². The van der Waals surface area contributed by atoms with Gasteiger partial charge in [-0.15, -0.1) is 0 Å². The Morgan fingerprint density at radius 2 is 2.11 bits per heavy atom. The summed E-state index contributed by atoms with van der Waals surface area (Å²) in [6, 6.07) is 6.74. The number of ether oxygens (including phenoxy) is 1. The van der Waals surface area contributed by atoms with E-state index in [4.69, 9.17) is 4.74 Å². The van der Waals surface area contributed by atoms with Crippen molar-refractivity contribution in [3.05, 3.63) is 35.6 Å². The summed E-state index contributed by atoms with van der Waals surface area (Å²) < 4.78 is 42.1. The summed E-state index contributed by atoms with van der Waals surface area (Å²) in [7, 11) is 0. The second-order valence-electron chi connectivity index (χ2n) is 4.33. The van der Waals surface area contributed by atoms with E-state index >= 15 is 0 Å². The van der Waals surface area contributed by atoms with Gasteiger partial charge in [0.1, 0.15) is 12.4 Å². The predicted molar refractivity (Wildman–Crippen MR) is 62.2 cm³/mol. The minimum atomic E-state index is -2.43. The van der Waals surface area contributed by atoms with Crippen molar-refractivity contribution in [3.63, 3.8) is 0 Å². The van der Waals surface area contributed by atoms with E-state index in [0.717, 1.165) is 13.0 Å². The second-order valence-corrected chi connectivity index (χ2v) is 4.33. The first-order valence-corrected chi connectivity index (χ1v) is 6.03. The highest BCUT2D eigenvalue weighted by Crippen LogP contribution is 2.33. The highest BCUT2D eigenvalue weighted by molar-refractivity contribution is 5.23. The largest absolute Gasteiger partial charge is 0.374 e. The van der Waals surface area contributed by atoms with Crippen LogP contribution < -0.4 is 0 Å². The molecule has 0 amide bonds. The van der Waals surface area contributed by atoms with E-state index in [0.29, 0.717) is 12.1 Å². The number of nitrogens with zero attached hydrogens (tertiary/aromatic N) is 1. The van der Waals surface area contributed by atoms with Crippen molar-refractivity contribution in [2.75, 3.05) is 26.3 Å². The molecule has 1 heterocycles. The molecule has 0 saturated carbocycles. The summed E-state index contributed by atoms with van der Waals surface area (Å²) in [5, 5.41) is 0. The van der Waals surface area contributed by atoms with Crippen molar-refractivity contribution in [2.24, 2.45) is 0 Å². The van der Waals surface area contributed by atoms with Gasteiger partial charge in [0.05, 0.1) is 6.61 Å². The molecule has 2 rings (SSSR count). The fourth-order valence-electron chi connectivity index (χ4n) is 2.16. The van der Waals surface area contributed by atoms with E-state index in [1.54, 1.807) is 12.1 Å². The normalized spacial score (nSPS) is 20.1. The van der Waals surface area contributed by atoms with Gasteiger partial charge < -0.3 is 4.74 Å². The van der Waals surface area contributed by atoms with Gasteiger partial charge in [0, 0.05) is 24.7 Å². The maximum absolute atomic E-state index is 13.6. The van der Waals surface area contributed by atoms with Crippen LogP contribution in [-0.2, 0) is 4.74 Å². The molecule has 1 aromatic rings. The van der Waals surface area contributed by atoms with Crippen LogP contribution in [0.2, 0.25) is 0 Å². The zero-order chi connectivity index (χ0) is 13.0. The standard InChI is InChI=1S/C13H16F3NO/c14-11-4-2-1-3-10(11)12-5-6-17(12)7-8-18-9-13(15)16/h1-4,12-13H,5-9H2/t12-/m0/s1. The fraction of sp³-hybridized carbons (Fsp3) is 0.538. The van der Waals surface area contributed by atoms with Crippen molar-refractivity contribution in [1.82, 2.24) is 4.90 Å². The van der Waals surface area contributed by atoms with E-state index in [2.05, 4.69) is 0 Å². The third-order valence-electron chi connectivity index (χ3n) is 3.16. The molecule has 0 bridgehead atoms. The van der Waals surface area contributed by atoms with Crippen LogP contribution in [0.4, 0.5) is 13.2 Å². The van der Waals surface area contributed by atoms with E-state index < -0.39 is 13.0 Å². The summed E-state index contributed by atoms with van der Waals surface area (Å²) in [6.45, 7) is 1.15. The van der Waals surface area contributed by atoms with E-state index in [-0.39, 0.29) is 18.5 Å². The van der Waals surface area contributed by atoms with Crippen LogP contribution in [0.15, 0.2) is 24.3 Å². The van der Waals surface area contributed by atoms with Crippen molar-refractivity contribution in [3.8, 4) is 0 Å². The lowest BCUT2D eigenvalue weighted by Crippen LogP contribution is -2.43. The molecule has 18 heavy (non-hydrogen) atoms. The Labute approximate surface area is 104 Å². The molecule has 1 aliphatic rings.